The number of quaternary nitrogens is 1. The Morgan fingerprint density at radius 2 is 2.37 bits per heavy atom. The zero-order valence-corrected chi connectivity index (χ0v) is 11.5. The van der Waals surface area contributed by atoms with Crippen molar-refractivity contribution in [1.29, 1.82) is 0 Å². The molecule has 2 aromatic rings. The number of hydrogen-bond acceptors (Lipinski definition) is 4. The maximum Gasteiger partial charge on any atom is 0.264 e. The van der Waals surface area contributed by atoms with Crippen LogP contribution in [0.2, 0.25) is 0 Å². The third-order valence-electron chi connectivity index (χ3n) is 3.31. The van der Waals surface area contributed by atoms with Gasteiger partial charge in [0.05, 0.1) is 25.4 Å². The molecule has 2 heterocycles. The fourth-order valence-electron chi connectivity index (χ4n) is 2.24. The minimum absolute atomic E-state index is 0.0196. The van der Waals surface area contributed by atoms with Gasteiger partial charge in [0, 0.05) is 16.6 Å². The lowest BCUT2D eigenvalue weighted by Crippen LogP contribution is -2.61. The normalized spacial score (nSPS) is 18.4. The molecular weight excluding hydrogens is 262 g/mol. The van der Waals surface area contributed by atoms with Crippen molar-refractivity contribution in [2.24, 2.45) is 0 Å². The van der Waals surface area contributed by atoms with Crippen LogP contribution in [0.5, 0.6) is 5.75 Å². The largest absolute Gasteiger partial charge is 0.497 e. The van der Waals surface area contributed by atoms with Crippen molar-refractivity contribution < 1.29 is 15.3 Å². The van der Waals surface area contributed by atoms with Crippen LogP contribution in [0.25, 0.3) is 10.1 Å². The van der Waals surface area contributed by atoms with Crippen molar-refractivity contribution in [3.05, 3.63) is 23.1 Å². The Hall–Kier alpha value is -1.79. The molecule has 0 fully saturated rings. The minimum atomic E-state index is -0.0196. The lowest BCUT2D eigenvalue weighted by molar-refractivity contribution is -0.371. The predicted molar refractivity (Wildman–Crippen MR) is 75.9 cm³/mol. The number of benzene rings is 1. The van der Waals surface area contributed by atoms with Gasteiger partial charge in [-0.3, -0.25) is 4.79 Å². The highest BCUT2D eigenvalue weighted by Gasteiger charge is 2.25. The molecule has 0 saturated heterocycles. The lowest BCUT2D eigenvalue weighted by atomic mass is 10.2. The van der Waals surface area contributed by atoms with Crippen LogP contribution in [-0.4, -0.2) is 32.1 Å². The van der Waals surface area contributed by atoms with Gasteiger partial charge in [-0.2, -0.15) is 0 Å². The molecular formula is C13H16N3O2S+. The summed E-state index contributed by atoms with van der Waals surface area (Å²) in [6.07, 6.45) is 0. The summed E-state index contributed by atoms with van der Waals surface area (Å²) in [5, 5.41) is 7.39. The smallest absolute Gasteiger partial charge is 0.264 e. The molecule has 0 saturated carbocycles. The second kappa shape index (κ2) is 4.71. The molecule has 1 aromatic heterocycles. The van der Waals surface area contributed by atoms with Gasteiger partial charge in [-0.1, -0.05) is 0 Å². The second-order valence-electron chi connectivity index (χ2n) is 4.51. The molecule has 0 radical (unpaired) electrons. The number of hydrogen-bond donors (Lipinski definition) is 3. The van der Waals surface area contributed by atoms with Crippen LogP contribution in [0, 0.1) is 0 Å². The van der Waals surface area contributed by atoms with E-state index in [1.807, 2.05) is 18.2 Å². The lowest BCUT2D eigenvalue weighted by Gasteiger charge is -2.11. The molecule has 0 spiro atoms. The number of ether oxygens (including phenoxy) is 1. The molecule has 0 bridgehead atoms. The number of thiophene rings is 1. The summed E-state index contributed by atoms with van der Waals surface area (Å²) in [7, 11) is 1.64. The average Bonchev–Trinajstić information content (AvgIpc) is 2.72. The quantitative estimate of drug-likeness (QED) is 0.756. The molecule has 1 atom stereocenters. The van der Waals surface area contributed by atoms with Crippen molar-refractivity contribution in [2.45, 2.75) is 6.04 Å². The molecule has 100 valence electrons. The minimum Gasteiger partial charge on any atom is -0.497 e. The van der Waals surface area contributed by atoms with Crippen LogP contribution in [0.15, 0.2) is 18.2 Å². The summed E-state index contributed by atoms with van der Waals surface area (Å²) in [4.78, 5) is 12.9. The van der Waals surface area contributed by atoms with Crippen LogP contribution in [0.4, 0.5) is 5.69 Å². The van der Waals surface area contributed by atoms with Gasteiger partial charge in [0.2, 0.25) is 0 Å². The van der Waals surface area contributed by atoms with E-state index in [-0.39, 0.29) is 11.9 Å². The zero-order valence-electron chi connectivity index (χ0n) is 10.7. The van der Waals surface area contributed by atoms with Crippen molar-refractivity contribution >= 4 is 33.0 Å². The number of nitrogens with one attached hydrogen (secondary N) is 2. The summed E-state index contributed by atoms with van der Waals surface area (Å²) in [5.41, 5.74) is 4.76. The maximum atomic E-state index is 12.2. The standard InChI is InChI=1S/C13H15N3O2S/c1-18-8-2-3-10-9(4-8)11-12(19-10)13(17)16-7(5-14)6-15-11/h2-4,7,15H,5-6,14H2,1H3,(H,16,17)/p+1/t7-/m1/s1. The first-order chi connectivity index (χ1) is 9.22. The molecule has 3 rings (SSSR count). The Balaban J connectivity index is 2.12. The van der Waals surface area contributed by atoms with Crippen LogP contribution >= 0.6 is 11.3 Å². The molecule has 0 unspecified atom stereocenters. The number of methoxy groups -OCH3 is 1. The van der Waals surface area contributed by atoms with Crippen LogP contribution < -0.4 is 21.1 Å². The summed E-state index contributed by atoms with van der Waals surface area (Å²) < 4.78 is 6.33. The molecule has 6 heteroatoms. The van der Waals surface area contributed by atoms with Gasteiger partial charge in [-0.15, -0.1) is 11.3 Å². The van der Waals surface area contributed by atoms with Gasteiger partial charge in [0.15, 0.2) is 0 Å². The molecule has 1 aliphatic rings. The monoisotopic (exact) mass is 278 g/mol. The maximum absolute atomic E-state index is 12.2. The van der Waals surface area contributed by atoms with Crippen molar-refractivity contribution in [2.75, 3.05) is 25.5 Å². The van der Waals surface area contributed by atoms with Crippen molar-refractivity contribution in [1.82, 2.24) is 5.32 Å². The Morgan fingerprint density at radius 3 is 3.11 bits per heavy atom. The van der Waals surface area contributed by atoms with Crippen LogP contribution in [0.1, 0.15) is 9.67 Å². The summed E-state index contributed by atoms with van der Waals surface area (Å²) in [5.74, 6) is 0.780. The summed E-state index contributed by atoms with van der Waals surface area (Å²) >= 11 is 1.50. The Bertz CT molecular complexity index is 638. The Labute approximate surface area is 114 Å². The van der Waals surface area contributed by atoms with Crippen LogP contribution in [-0.2, 0) is 0 Å². The first kappa shape index (κ1) is 12.3. The van der Waals surface area contributed by atoms with Gasteiger partial charge < -0.3 is 21.1 Å². The fraction of sp³-hybridized carbons (Fsp3) is 0.308. The van der Waals surface area contributed by atoms with Gasteiger partial charge in [-0.05, 0) is 18.2 Å². The zero-order chi connectivity index (χ0) is 13.4. The SMILES string of the molecule is COc1ccc2sc3c(c2c1)NC[C@@H](C[NH3+])NC3=O. The first-order valence-electron chi connectivity index (χ1n) is 6.17. The average molecular weight is 278 g/mol. The predicted octanol–water partition coefficient (Wildman–Crippen LogP) is 0.676. The number of anilines is 1. The van der Waals surface area contributed by atoms with E-state index in [1.54, 1.807) is 7.11 Å². The molecule has 5 nitrogen and oxygen atoms in total. The first-order valence-corrected chi connectivity index (χ1v) is 6.99. The summed E-state index contributed by atoms with van der Waals surface area (Å²) in [6.45, 7) is 1.38. The van der Waals surface area contributed by atoms with Gasteiger partial charge in [-0.25, -0.2) is 0 Å². The number of carbonyl (C=O) groups is 1. The third-order valence-corrected chi connectivity index (χ3v) is 4.48. The highest BCUT2D eigenvalue weighted by Crippen LogP contribution is 2.38. The molecule has 19 heavy (non-hydrogen) atoms. The molecule has 1 aromatic carbocycles. The van der Waals surface area contributed by atoms with Gasteiger partial charge in [0.1, 0.15) is 10.6 Å². The highest BCUT2D eigenvalue weighted by molar-refractivity contribution is 7.21. The molecule has 1 aliphatic heterocycles. The highest BCUT2D eigenvalue weighted by atomic mass is 32.1. The Kier molecular flexibility index (Phi) is 3.04. The van der Waals surface area contributed by atoms with E-state index >= 15 is 0 Å². The summed E-state index contributed by atoms with van der Waals surface area (Å²) in [6, 6.07) is 5.94. The topological polar surface area (TPSA) is 78.0 Å². The van der Waals surface area contributed by atoms with E-state index in [9.17, 15) is 4.79 Å². The molecule has 0 aliphatic carbocycles. The molecule has 1 amide bonds. The van der Waals surface area contributed by atoms with E-state index in [4.69, 9.17) is 4.74 Å². The van der Waals surface area contributed by atoms with Gasteiger partial charge in [0.25, 0.3) is 5.91 Å². The number of rotatable bonds is 2. The number of fused-ring (bicyclic) bond motifs is 3. The van der Waals surface area contributed by atoms with Crippen molar-refractivity contribution in [3.63, 3.8) is 0 Å². The van der Waals surface area contributed by atoms with E-state index in [1.165, 1.54) is 11.3 Å². The second-order valence-corrected chi connectivity index (χ2v) is 5.56. The van der Waals surface area contributed by atoms with Gasteiger partial charge >= 0.3 is 0 Å². The van der Waals surface area contributed by atoms with Crippen LogP contribution in [0.3, 0.4) is 0 Å². The van der Waals surface area contributed by atoms with E-state index in [2.05, 4.69) is 16.4 Å². The third kappa shape index (κ3) is 2.02. The number of carbonyl (C=O) groups excluding carboxylic acids is 1. The molecule has 5 N–H and O–H groups in total. The Morgan fingerprint density at radius 1 is 1.53 bits per heavy atom. The van der Waals surface area contributed by atoms with E-state index < -0.39 is 0 Å². The van der Waals surface area contributed by atoms with Crippen molar-refractivity contribution in [3.8, 4) is 5.75 Å². The number of amides is 1. The van der Waals surface area contributed by atoms with E-state index in [0.29, 0.717) is 13.1 Å². The fourth-order valence-corrected chi connectivity index (χ4v) is 3.30. The van der Waals surface area contributed by atoms with E-state index in [0.717, 1.165) is 26.4 Å².